The molecule has 1 amide bonds. The van der Waals surface area contributed by atoms with Crippen molar-refractivity contribution >= 4 is 5.91 Å². The summed E-state index contributed by atoms with van der Waals surface area (Å²) in [5, 5.41) is 0. The average Bonchev–Trinajstić information content (AvgIpc) is 2.78. The Labute approximate surface area is 104 Å². The van der Waals surface area contributed by atoms with Crippen molar-refractivity contribution < 1.29 is 4.79 Å². The molecule has 17 heavy (non-hydrogen) atoms. The molecule has 4 nitrogen and oxygen atoms in total. The maximum absolute atomic E-state index is 12.4. The Bertz CT molecular complexity index is 297. The van der Waals surface area contributed by atoms with Crippen molar-refractivity contribution in [1.29, 1.82) is 0 Å². The number of carbonyl (C=O) groups excluding carboxylic acids is 1. The number of likely N-dealkylation sites (N-methyl/N-ethyl adjacent to an activating group) is 1. The van der Waals surface area contributed by atoms with Crippen molar-refractivity contribution in [2.45, 2.75) is 57.2 Å². The summed E-state index contributed by atoms with van der Waals surface area (Å²) in [6.07, 6.45) is 4.86. The molecule has 0 aromatic heterocycles. The van der Waals surface area contributed by atoms with Crippen LogP contribution in [-0.4, -0.2) is 53.5 Å². The highest BCUT2D eigenvalue weighted by Crippen LogP contribution is 2.31. The average molecular weight is 239 g/mol. The Morgan fingerprint density at radius 1 is 1.35 bits per heavy atom. The molecule has 0 bridgehead atoms. The normalized spacial score (nSPS) is 31.2. The number of nitrogens with two attached hydrogens (primary N) is 1. The van der Waals surface area contributed by atoms with Crippen LogP contribution >= 0.6 is 0 Å². The number of nitrogens with zero attached hydrogens (tertiary/aromatic N) is 2. The fourth-order valence-electron chi connectivity index (χ4n) is 3.17. The number of amides is 1. The zero-order valence-electron chi connectivity index (χ0n) is 11.3. The first-order valence-electron chi connectivity index (χ1n) is 6.71. The second-order valence-corrected chi connectivity index (χ2v) is 6.08. The molecule has 0 spiro atoms. The van der Waals surface area contributed by atoms with Crippen molar-refractivity contribution in [3.05, 3.63) is 0 Å². The monoisotopic (exact) mass is 239 g/mol. The minimum Gasteiger partial charge on any atom is -0.336 e. The minimum absolute atomic E-state index is 0.0283. The van der Waals surface area contributed by atoms with E-state index in [0.29, 0.717) is 12.6 Å². The van der Waals surface area contributed by atoms with Gasteiger partial charge in [0.25, 0.3) is 0 Å². The Hall–Kier alpha value is -0.610. The van der Waals surface area contributed by atoms with Crippen molar-refractivity contribution in [2.24, 2.45) is 5.73 Å². The Morgan fingerprint density at radius 2 is 1.94 bits per heavy atom. The van der Waals surface area contributed by atoms with Gasteiger partial charge in [-0.25, -0.2) is 0 Å². The van der Waals surface area contributed by atoms with Gasteiger partial charge in [0.05, 0.1) is 0 Å². The van der Waals surface area contributed by atoms with Crippen molar-refractivity contribution in [2.75, 3.05) is 20.1 Å². The second kappa shape index (κ2) is 4.58. The Kier molecular flexibility index (Phi) is 3.46. The van der Waals surface area contributed by atoms with Gasteiger partial charge in [0, 0.05) is 24.7 Å². The van der Waals surface area contributed by atoms with Crippen molar-refractivity contribution in [1.82, 2.24) is 9.80 Å². The highest BCUT2D eigenvalue weighted by atomic mass is 16.2. The standard InChI is InChI=1S/C13H25N3O/c1-13(2)9-16(10-6-4-5-7-10)12(17)11(8-14)15(13)3/h10-11H,4-9,14H2,1-3H3. The van der Waals surface area contributed by atoms with Gasteiger partial charge < -0.3 is 10.6 Å². The SMILES string of the molecule is CN1C(CN)C(=O)N(C2CCCC2)CC1(C)C. The second-order valence-electron chi connectivity index (χ2n) is 6.08. The summed E-state index contributed by atoms with van der Waals surface area (Å²) in [7, 11) is 2.02. The number of piperazine rings is 1. The number of hydrogen-bond acceptors (Lipinski definition) is 3. The van der Waals surface area contributed by atoms with Gasteiger partial charge in [-0.2, -0.15) is 0 Å². The third-order valence-corrected chi connectivity index (χ3v) is 4.54. The first kappa shape index (κ1) is 12.8. The lowest BCUT2D eigenvalue weighted by Crippen LogP contribution is -2.68. The Morgan fingerprint density at radius 3 is 2.47 bits per heavy atom. The van der Waals surface area contributed by atoms with Crippen LogP contribution in [0.2, 0.25) is 0 Å². The zero-order chi connectivity index (χ0) is 12.6. The molecule has 2 fully saturated rings. The Balaban J connectivity index is 2.19. The molecule has 1 heterocycles. The van der Waals surface area contributed by atoms with Gasteiger partial charge in [0.1, 0.15) is 6.04 Å². The van der Waals surface area contributed by atoms with E-state index in [-0.39, 0.29) is 17.5 Å². The van der Waals surface area contributed by atoms with E-state index in [9.17, 15) is 4.79 Å². The van der Waals surface area contributed by atoms with Crippen LogP contribution in [0.5, 0.6) is 0 Å². The predicted molar refractivity (Wildman–Crippen MR) is 68.7 cm³/mol. The van der Waals surface area contributed by atoms with Crippen LogP contribution < -0.4 is 5.73 Å². The summed E-state index contributed by atoms with van der Waals surface area (Å²) in [5.41, 5.74) is 5.81. The lowest BCUT2D eigenvalue weighted by atomic mass is 9.93. The molecule has 4 heteroatoms. The third kappa shape index (κ3) is 2.20. The summed E-state index contributed by atoms with van der Waals surface area (Å²) >= 11 is 0. The van der Waals surface area contributed by atoms with Crippen LogP contribution in [0.1, 0.15) is 39.5 Å². The van der Waals surface area contributed by atoms with Crippen molar-refractivity contribution in [3.63, 3.8) is 0 Å². The van der Waals surface area contributed by atoms with Gasteiger partial charge in [0.2, 0.25) is 5.91 Å². The number of rotatable bonds is 2. The van der Waals surface area contributed by atoms with E-state index in [1.165, 1.54) is 25.7 Å². The van der Waals surface area contributed by atoms with Gasteiger partial charge in [-0.15, -0.1) is 0 Å². The van der Waals surface area contributed by atoms with E-state index in [4.69, 9.17) is 5.73 Å². The van der Waals surface area contributed by atoms with Gasteiger partial charge in [-0.3, -0.25) is 9.69 Å². The fourth-order valence-corrected chi connectivity index (χ4v) is 3.17. The van der Waals surface area contributed by atoms with Gasteiger partial charge >= 0.3 is 0 Å². The molecule has 0 radical (unpaired) electrons. The summed E-state index contributed by atoms with van der Waals surface area (Å²) in [6.45, 7) is 5.65. The quantitative estimate of drug-likeness (QED) is 0.776. The zero-order valence-corrected chi connectivity index (χ0v) is 11.3. The van der Waals surface area contributed by atoms with Gasteiger partial charge in [0.15, 0.2) is 0 Å². The number of carbonyl (C=O) groups is 1. The highest BCUT2D eigenvalue weighted by molar-refractivity contribution is 5.83. The van der Waals surface area contributed by atoms with Gasteiger partial charge in [-0.05, 0) is 33.7 Å². The van der Waals surface area contributed by atoms with Gasteiger partial charge in [-0.1, -0.05) is 12.8 Å². The highest BCUT2D eigenvalue weighted by Gasteiger charge is 2.44. The molecular formula is C13H25N3O. The molecule has 98 valence electrons. The molecule has 2 N–H and O–H groups in total. The first-order chi connectivity index (χ1) is 7.97. The van der Waals surface area contributed by atoms with E-state index in [1.807, 2.05) is 7.05 Å². The lowest BCUT2D eigenvalue weighted by molar-refractivity contribution is -0.150. The lowest BCUT2D eigenvalue weighted by Gasteiger charge is -2.51. The third-order valence-electron chi connectivity index (χ3n) is 4.54. The predicted octanol–water partition coefficient (Wildman–Crippen LogP) is 0.809. The van der Waals surface area contributed by atoms with E-state index in [1.54, 1.807) is 0 Å². The summed E-state index contributed by atoms with van der Waals surface area (Å²) in [5.74, 6) is 0.237. The fraction of sp³-hybridized carbons (Fsp3) is 0.923. The van der Waals surface area contributed by atoms with Crippen LogP contribution in [0.3, 0.4) is 0 Å². The van der Waals surface area contributed by atoms with E-state index < -0.39 is 0 Å². The largest absolute Gasteiger partial charge is 0.336 e. The van der Waals surface area contributed by atoms with Crippen molar-refractivity contribution in [3.8, 4) is 0 Å². The van der Waals surface area contributed by atoms with E-state index in [2.05, 4.69) is 23.6 Å². The molecule has 1 unspecified atom stereocenters. The van der Waals surface area contributed by atoms with Crippen LogP contribution in [-0.2, 0) is 4.79 Å². The van der Waals surface area contributed by atoms with Crippen LogP contribution in [0, 0.1) is 0 Å². The summed E-state index contributed by atoms with van der Waals surface area (Å²) in [6, 6.07) is 0.323. The van der Waals surface area contributed by atoms with E-state index >= 15 is 0 Å². The maximum atomic E-state index is 12.4. The maximum Gasteiger partial charge on any atom is 0.241 e. The molecule has 1 aliphatic heterocycles. The smallest absolute Gasteiger partial charge is 0.241 e. The molecule has 0 aromatic carbocycles. The van der Waals surface area contributed by atoms with E-state index in [0.717, 1.165) is 6.54 Å². The van der Waals surface area contributed by atoms with Crippen LogP contribution in [0.25, 0.3) is 0 Å². The molecular weight excluding hydrogens is 214 g/mol. The summed E-state index contributed by atoms with van der Waals surface area (Å²) in [4.78, 5) is 16.7. The first-order valence-corrected chi connectivity index (χ1v) is 6.71. The molecule has 2 aliphatic rings. The minimum atomic E-state index is -0.139. The summed E-state index contributed by atoms with van der Waals surface area (Å²) < 4.78 is 0. The molecule has 1 saturated heterocycles. The molecule has 0 aromatic rings. The molecule has 2 rings (SSSR count). The van der Waals surface area contributed by atoms with Crippen LogP contribution in [0.15, 0.2) is 0 Å². The molecule has 1 atom stereocenters. The number of hydrogen-bond donors (Lipinski definition) is 1. The molecule has 1 aliphatic carbocycles. The molecule has 1 saturated carbocycles. The van der Waals surface area contributed by atoms with Crippen LogP contribution in [0.4, 0.5) is 0 Å². The topological polar surface area (TPSA) is 49.6 Å².